The quantitative estimate of drug-likeness (QED) is 0.823. The van der Waals surface area contributed by atoms with E-state index in [-0.39, 0.29) is 13.0 Å². The number of nitrogens with zero attached hydrogens (tertiary/aromatic N) is 1. The number of benzene rings is 1. The minimum Gasteiger partial charge on any atom is -0.496 e. The van der Waals surface area contributed by atoms with E-state index in [1.54, 1.807) is 24.3 Å². The third kappa shape index (κ3) is 2.53. The van der Waals surface area contributed by atoms with Crippen LogP contribution in [0.3, 0.4) is 0 Å². The van der Waals surface area contributed by atoms with Crippen molar-refractivity contribution in [1.29, 1.82) is 0 Å². The molecule has 0 aliphatic carbocycles. The molecule has 6 heteroatoms. The number of rotatable bonds is 3. The zero-order valence-corrected chi connectivity index (χ0v) is 10.4. The van der Waals surface area contributed by atoms with Gasteiger partial charge in [0.25, 0.3) is 5.91 Å². The summed E-state index contributed by atoms with van der Waals surface area (Å²) < 4.78 is 5.09. The Morgan fingerprint density at radius 1 is 1.37 bits per heavy atom. The Hall–Kier alpha value is -2.08. The van der Waals surface area contributed by atoms with Crippen LogP contribution in [0.15, 0.2) is 24.3 Å². The van der Waals surface area contributed by atoms with E-state index in [9.17, 15) is 14.7 Å². The van der Waals surface area contributed by atoms with E-state index >= 15 is 0 Å². The first-order valence-corrected chi connectivity index (χ1v) is 5.89. The Balaban J connectivity index is 2.30. The Morgan fingerprint density at radius 2 is 2.05 bits per heavy atom. The van der Waals surface area contributed by atoms with Gasteiger partial charge in [0.1, 0.15) is 11.8 Å². The maximum absolute atomic E-state index is 12.4. The van der Waals surface area contributed by atoms with E-state index in [4.69, 9.17) is 9.84 Å². The van der Waals surface area contributed by atoms with E-state index < -0.39 is 24.0 Å². The lowest BCUT2D eigenvalue weighted by molar-refractivity contribution is -0.141. The highest BCUT2D eigenvalue weighted by Crippen LogP contribution is 2.25. The fourth-order valence-electron chi connectivity index (χ4n) is 2.25. The Kier molecular flexibility index (Phi) is 3.71. The summed E-state index contributed by atoms with van der Waals surface area (Å²) >= 11 is 0. The predicted octanol–water partition coefficient (Wildman–Crippen LogP) is 0.355. The van der Waals surface area contributed by atoms with Gasteiger partial charge in [-0.2, -0.15) is 0 Å². The van der Waals surface area contributed by atoms with Gasteiger partial charge < -0.3 is 19.8 Å². The van der Waals surface area contributed by atoms with Crippen LogP contribution in [0.2, 0.25) is 0 Å². The van der Waals surface area contributed by atoms with Gasteiger partial charge in [-0.3, -0.25) is 4.79 Å². The van der Waals surface area contributed by atoms with E-state index in [1.165, 1.54) is 12.0 Å². The SMILES string of the molecule is COc1ccccc1C(=O)N1C[C@H](O)C[C@H]1C(=O)O. The summed E-state index contributed by atoms with van der Waals surface area (Å²) in [6, 6.07) is 5.62. The average molecular weight is 265 g/mol. The minimum absolute atomic E-state index is 0.0217. The number of β-amino-alcohol motifs (C(OH)–C–C–N with tert-alkyl or cyclic N) is 1. The molecule has 1 fully saturated rings. The summed E-state index contributed by atoms with van der Waals surface area (Å²) in [6.45, 7) is 0.0217. The number of carboxylic acids is 1. The van der Waals surface area contributed by atoms with Crippen LogP contribution in [0.1, 0.15) is 16.8 Å². The van der Waals surface area contributed by atoms with Gasteiger partial charge in [-0.05, 0) is 12.1 Å². The number of carbonyl (C=O) groups is 2. The summed E-state index contributed by atoms with van der Waals surface area (Å²) in [4.78, 5) is 24.6. The second-order valence-corrected chi connectivity index (χ2v) is 4.40. The summed E-state index contributed by atoms with van der Waals surface area (Å²) in [5.41, 5.74) is 0.297. The van der Waals surface area contributed by atoms with Crippen molar-refractivity contribution >= 4 is 11.9 Å². The first-order valence-electron chi connectivity index (χ1n) is 5.89. The van der Waals surface area contributed by atoms with Crippen molar-refractivity contribution in [2.45, 2.75) is 18.6 Å². The topological polar surface area (TPSA) is 87.1 Å². The molecule has 1 aromatic rings. The number of aliphatic carboxylic acids is 1. The summed E-state index contributed by atoms with van der Waals surface area (Å²) in [5.74, 6) is -1.17. The standard InChI is InChI=1S/C13H15NO5/c1-19-11-5-3-2-4-9(11)12(16)14-7-8(15)6-10(14)13(17)18/h2-5,8,10,15H,6-7H2,1H3,(H,17,18)/t8-,10+/m1/s1. The fraction of sp³-hybridized carbons (Fsp3) is 0.385. The first-order chi connectivity index (χ1) is 9.04. The Morgan fingerprint density at radius 3 is 2.68 bits per heavy atom. The molecular weight excluding hydrogens is 250 g/mol. The van der Waals surface area contributed by atoms with E-state index in [2.05, 4.69) is 0 Å². The van der Waals surface area contributed by atoms with E-state index in [0.29, 0.717) is 11.3 Å². The number of carboxylic acid groups (broad SMARTS) is 1. The second kappa shape index (κ2) is 5.27. The Labute approximate surface area is 110 Å². The van der Waals surface area contributed by atoms with Gasteiger partial charge in [0, 0.05) is 13.0 Å². The largest absolute Gasteiger partial charge is 0.496 e. The molecule has 19 heavy (non-hydrogen) atoms. The molecule has 0 unspecified atom stereocenters. The van der Waals surface area contributed by atoms with Gasteiger partial charge in [0.05, 0.1) is 18.8 Å². The number of hydrogen-bond acceptors (Lipinski definition) is 4. The molecule has 2 atom stereocenters. The molecular formula is C13H15NO5. The van der Waals surface area contributed by atoms with Gasteiger partial charge in [-0.1, -0.05) is 12.1 Å². The fourth-order valence-corrected chi connectivity index (χ4v) is 2.25. The number of amides is 1. The maximum Gasteiger partial charge on any atom is 0.326 e. The van der Waals surface area contributed by atoms with Gasteiger partial charge in [0.15, 0.2) is 0 Å². The lowest BCUT2D eigenvalue weighted by Crippen LogP contribution is -2.40. The van der Waals surface area contributed by atoms with Crippen LogP contribution >= 0.6 is 0 Å². The summed E-state index contributed by atoms with van der Waals surface area (Å²) in [5, 5.41) is 18.6. The molecule has 6 nitrogen and oxygen atoms in total. The van der Waals surface area contributed by atoms with Crippen LogP contribution in [0.25, 0.3) is 0 Å². The van der Waals surface area contributed by atoms with Crippen LogP contribution in [-0.4, -0.2) is 52.8 Å². The second-order valence-electron chi connectivity index (χ2n) is 4.40. The zero-order chi connectivity index (χ0) is 14.0. The molecule has 1 amide bonds. The number of carbonyl (C=O) groups excluding carboxylic acids is 1. The number of hydrogen-bond donors (Lipinski definition) is 2. The van der Waals surface area contributed by atoms with Crippen LogP contribution in [0.4, 0.5) is 0 Å². The van der Waals surface area contributed by atoms with Gasteiger partial charge in [-0.15, -0.1) is 0 Å². The molecule has 1 saturated heterocycles. The summed E-state index contributed by atoms with van der Waals surface area (Å²) in [7, 11) is 1.44. The molecule has 1 aromatic carbocycles. The Bertz CT molecular complexity index is 502. The molecule has 2 N–H and O–H groups in total. The molecule has 0 saturated carbocycles. The number of likely N-dealkylation sites (tertiary alicyclic amines) is 1. The highest BCUT2D eigenvalue weighted by Gasteiger charge is 2.39. The molecule has 0 bridgehead atoms. The van der Waals surface area contributed by atoms with Crippen LogP contribution in [-0.2, 0) is 4.79 Å². The summed E-state index contributed by atoms with van der Waals surface area (Å²) in [6.07, 6.45) is -0.754. The van der Waals surface area contributed by atoms with Gasteiger partial charge in [-0.25, -0.2) is 4.79 Å². The van der Waals surface area contributed by atoms with Crippen LogP contribution < -0.4 is 4.74 Å². The monoisotopic (exact) mass is 265 g/mol. The molecule has 0 radical (unpaired) electrons. The molecule has 1 aliphatic rings. The molecule has 2 rings (SSSR count). The average Bonchev–Trinajstić information content (AvgIpc) is 2.80. The van der Waals surface area contributed by atoms with Crippen molar-refractivity contribution in [3.8, 4) is 5.75 Å². The number of ether oxygens (including phenoxy) is 1. The number of aliphatic hydroxyl groups excluding tert-OH is 1. The van der Waals surface area contributed by atoms with Crippen molar-refractivity contribution in [3.63, 3.8) is 0 Å². The normalized spacial score (nSPS) is 22.3. The third-order valence-corrected chi connectivity index (χ3v) is 3.16. The van der Waals surface area contributed by atoms with Crippen molar-refractivity contribution < 1.29 is 24.5 Å². The molecule has 1 aliphatic heterocycles. The van der Waals surface area contributed by atoms with E-state index in [1.807, 2.05) is 0 Å². The van der Waals surface area contributed by atoms with Crippen molar-refractivity contribution in [2.24, 2.45) is 0 Å². The lowest BCUT2D eigenvalue weighted by Gasteiger charge is -2.22. The molecule has 102 valence electrons. The smallest absolute Gasteiger partial charge is 0.326 e. The predicted molar refractivity (Wildman–Crippen MR) is 66.1 cm³/mol. The maximum atomic E-state index is 12.4. The third-order valence-electron chi connectivity index (χ3n) is 3.16. The number of para-hydroxylation sites is 1. The van der Waals surface area contributed by atoms with Gasteiger partial charge in [0.2, 0.25) is 0 Å². The van der Waals surface area contributed by atoms with E-state index in [0.717, 1.165) is 0 Å². The van der Waals surface area contributed by atoms with Crippen molar-refractivity contribution in [2.75, 3.05) is 13.7 Å². The van der Waals surface area contributed by atoms with Crippen LogP contribution in [0.5, 0.6) is 5.75 Å². The molecule has 1 heterocycles. The highest BCUT2D eigenvalue weighted by molar-refractivity contribution is 5.99. The first kappa shape index (κ1) is 13.4. The zero-order valence-electron chi connectivity index (χ0n) is 10.4. The van der Waals surface area contributed by atoms with Crippen molar-refractivity contribution in [3.05, 3.63) is 29.8 Å². The lowest BCUT2D eigenvalue weighted by atomic mass is 10.1. The number of methoxy groups -OCH3 is 1. The van der Waals surface area contributed by atoms with Crippen molar-refractivity contribution in [1.82, 2.24) is 4.90 Å². The highest BCUT2D eigenvalue weighted by atomic mass is 16.5. The minimum atomic E-state index is -1.11. The molecule has 0 spiro atoms. The van der Waals surface area contributed by atoms with Gasteiger partial charge >= 0.3 is 5.97 Å². The number of aliphatic hydroxyl groups is 1. The molecule has 0 aromatic heterocycles. The van der Waals surface area contributed by atoms with Crippen LogP contribution in [0, 0.1) is 0 Å².